The molecule has 18 heavy (non-hydrogen) atoms. The molecule has 1 aromatic rings. The quantitative estimate of drug-likeness (QED) is 0.869. The van der Waals surface area contributed by atoms with E-state index < -0.39 is 11.8 Å². The summed E-state index contributed by atoms with van der Waals surface area (Å²) in [6, 6.07) is 4.34. The SMILES string of the molecule is CC1CC(Nc2ccc(C(=O)O)c(F)c2)CCO1. The molecule has 2 unspecified atom stereocenters. The average Bonchev–Trinajstić information content (AvgIpc) is 2.28. The van der Waals surface area contributed by atoms with Crippen LogP contribution in [0, 0.1) is 5.82 Å². The van der Waals surface area contributed by atoms with Crippen molar-refractivity contribution in [3.63, 3.8) is 0 Å². The molecule has 98 valence electrons. The normalized spacial score (nSPS) is 23.7. The van der Waals surface area contributed by atoms with Crippen LogP contribution in [0.2, 0.25) is 0 Å². The van der Waals surface area contributed by atoms with E-state index in [1.54, 1.807) is 6.07 Å². The first kappa shape index (κ1) is 12.8. The number of carboxylic acids is 1. The Labute approximate surface area is 105 Å². The van der Waals surface area contributed by atoms with Crippen molar-refractivity contribution in [2.45, 2.75) is 31.9 Å². The summed E-state index contributed by atoms with van der Waals surface area (Å²) in [6.45, 7) is 2.69. The topological polar surface area (TPSA) is 58.6 Å². The molecule has 1 saturated heterocycles. The maximum absolute atomic E-state index is 13.5. The van der Waals surface area contributed by atoms with Gasteiger partial charge in [0.25, 0.3) is 0 Å². The summed E-state index contributed by atoms with van der Waals surface area (Å²) in [5.41, 5.74) is 0.303. The molecule has 0 amide bonds. The maximum Gasteiger partial charge on any atom is 0.338 e. The van der Waals surface area contributed by atoms with Crippen LogP contribution in [0.3, 0.4) is 0 Å². The van der Waals surface area contributed by atoms with Gasteiger partial charge in [-0.2, -0.15) is 0 Å². The molecule has 5 heteroatoms. The van der Waals surface area contributed by atoms with Crippen molar-refractivity contribution in [2.24, 2.45) is 0 Å². The van der Waals surface area contributed by atoms with E-state index in [-0.39, 0.29) is 17.7 Å². The van der Waals surface area contributed by atoms with Crippen molar-refractivity contribution in [1.82, 2.24) is 0 Å². The minimum Gasteiger partial charge on any atom is -0.478 e. The minimum absolute atomic E-state index is 0.194. The number of carbonyl (C=O) groups is 1. The van der Waals surface area contributed by atoms with E-state index in [2.05, 4.69) is 5.32 Å². The Hall–Kier alpha value is -1.62. The zero-order valence-corrected chi connectivity index (χ0v) is 10.1. The van der Waals surface area contributed by atoms with E-state index in [9.17, 15) is 9.18 Å². The van der Waals surface area contributed by atoms with Crippen molar-refractivity contribution in [3.05, 3.63) is 29.6 Å². The van der Waals surface area contributed by atoms with E-state index in [1.807, 2.05) is 6.92 Å². The van der Waals surface area contributed by atoms with Crippen molar-refractivity contribution >= 4 is 11.7 Å². The Balaban J connectivity index is 2.05. The highest BCUT2D eigenvalue weighted by molar-refractivity contribution is 5.88. The Bertz CT molecular complexity index is 450. The van der Waals surface area contributed by atoms with Crippen LogP contribution in [0.15, 0.2) is 18.2 Å². The van der Waals surface area contributed by atoms with Gasteiger partial charge in [0.05, 0.1) is 11.7 Å². The summed E-state index contributed by atoms with van der Waals surface area (Å²) in [5, 5.41) is 11.9. The van der Waals surface area contributed by atoms with Crippen LogP contribution < -0.4 is 5.32 Å². The van der Waals surface area contributed by atoms with Gasteiger partial charge in [0.15, 0.2) is 0 Å². The highest BCUT2D eigenvalue weighted by atomic mass is 19.1. The third-order valence-corrected chi connectivity index (χ3v) is 3.06. The molecule has 0 radical (unpaired) electrons. The van der Waals surface area contributed by atoms with Gasteiger partial charge in [-0.1, -0.05) is 0 Å². The summed E-state index contributed by atoms with van der Waals surface area (Å²) in [5.74, 6) is -1.97. The average molecular weight is 253 g/mol. The number of hydrogen-bond acceptors (Lipinski definition) is 3. The lowest BCUT2D eigenvalue weighted by Crippen LogP contribution is -2.32. The van der Waals surface area contributed by atoms with E-state index in [1.165, 1.54) is 12.1 Å². The van der Waals surface area contributed by atoms with Gasteiger partial charge < -0.3 is 15.2 Å². The van der Waals surface area contributed by atoms with Gasteiger partial charge in [0.1, 0.15) is 5.82 Å². The first-order chi connectivity index (χ1) is 8.56. The van der Waals surface area contributed by atoms with Crippen molar-refractivity contribution < 1.29 is 19.0 Å². The Morgan fingerprint density at radius 2 is 2.33 bits per heavy atom. The molecule has 0 aromatic heterocycles. The van der Waals surface area contributed by atoms with Gasteiger partial charge in [0, 0.05) is 18.3 Å². The zero-order valence-electron chi connectivity index (χ0n) is 10.1. The monoisotopic (exact) mass is 253 g/mol. The fourth-order valence-electron chi connectivity index (χ4n) is 2.14. The first-order valence-electron chi connectivity index (χ1n) is 5.97. The predicted molar refractivity (Wildman–Crippen MR) is 65.4 cm³/mol. The maximum atomic E-state index is 13.5. The van der Waals surface area contributed by atoms with Crippen molar-refractivity contribution in [2.75, 3.05) is 11.9 Å². The highest BCUT2D eigenvalue weighted by Crippen LogP contribution is 2.20. The van der Waals surface area contributed by atoms with Crippen LogP contribution in [0.1, 0.15) is 30.1 Å². The molecule has 2 rings (SSSR count). The Morgan fingerprint density at radius 1 is 1.56 bits per heavy atom. The fraction of sp³-hybridized carbons (Fsp3) is 0.462. The summed E-state index contributed by atoms with van der Waals surface area (Å²) in [6.07, 6.45) is 1.92. The molecule has 0 bridgehead atoms. The summed E-state index contributed by atoms with van der Waals surface area (Å²) >= 11 is 0. The molecule has 1 fully saturated rings. The molecular formula is C13H16FNO3. The summed E-state index contributed by atoms with van der Waals surface area (Å²) in [7, 11) is 0. The van der Waals surface area contributed by atoms with Crippen molar-refractivity contribution in [1.29, 1.82) is 0 Å². The molecule has 4 nitrogen and oxygen atoms in total. The van der Waals surface area contributed by atoms with Gasteiger partial charge in [-0.05, 0) is 38.0 Å². The third-order valence-electron chi connectivity index (χ3n) is 3.06. The van der Waals surface area contributed by atoms with Gasteiger partial charge in [-0.15, -0.1) is 0 Å². The second-order valence-electron chi connectivity index (χ2n) is 4.55. The summed E-state index contributed by atoms with van der Waals surface area (Å²) < 4.78 is 18.9. The number of carboxylic acid groups (broad SMARTS) is 1. The van der Waals surface area contributed by atoms with Crippen LogP contribution in [0.4, 0.5) is 10.1 Å². The number of benzene rings is 1. The van der Waals surface area contributed by atoms with E-state index in [0.717, 1.165) is 12.8 Å². The number of halogens is 1. The number of nitrogens with one attached hydrogen (secondary N) is 1. The number of hydrogen-bond donors (Lipinski definition) is 2. The van der Waals surface area contributed by atoms with E-state index in [0.29, 0.717) is 12.3 Å². The number of rotatable bonds is 3. The minimum atomic E-state index is -1.25. The Kier molecular flexibility index (Phi) is 3.81. The number of ether oxygens (including phenoxy) is 1. The smallest absolute Gasteiger partial charge is 0.338 e. The molecule has 2 N–H and O–H groups in total. The molecule has 1 aliphatic rings. The Morgan fingerprint density at radius 3 is 2.94 bits per heavy atom. The molecule has 0 saturated carbocycles. The lowest BCUT2D eigenvalue weighted by Gasteiger charge is -2.28. The van der Waals surface area contributed by atoms with Gasteiger partial charge in [0.2, 0.25) is 0 Å². The molecule has 1 aliphatic heterocycles. The lowest BCUT2D eigenvalue weighted by atomic mass is 10.0. The second kappa shape index (κ2) is 5.35. The molecule has 1 heterocycles. The molecule has 2 atom stereocenters. The van der Waals surface area contributed by atoms with Crippen LogP contribution in [0.25, 0.3) is 0 Å². The number of anilines is 1. The molecular weight excluding hydrogens is 237 g/mol. The van der Waals surface area contributed by atoms with Crippen molar-refractivity contribution in [3.8, 4) is 0 Å². The zero-order chi connectivity index (χ0) is 13.1. The fourth-order valence-corrected chi connectivity index (χ4v) is 2.14. The predicted octanol–water partition coefficient (Wildman–Crippen LogP) is 2.50. The van der Waals surface area contributed by atoms with Gasteiger partial charge in [-0.25, -0.2) is 9.18 Å². The van der Waals surface area contributed by atoms with Crippen LogP contribution in [-0.4, -0.2) is 29.8 Å². The lowest BCUT2D eigenvalue weighted by molar-refractivity contribution is 0.0232. The summed E-state index contributed by atoms with van der Waals surface area (Å²) in [4.78, 5) is 10.7. The third kappa shape index (κ3) is 2.98. The first-order valence-corrected chi connectivity index (χ1v) is 5.97. The van der Waals surface area contributed by atoms with Crippen LogP contribution in [-0.2, 0) is 4.74 Å². The van der Waals surface area contributed by atoms with E-state index >= 15 is 0 Å². The van der Waals surface area contributed by atoms with Crippen LogP contribution in [0.5, 0.6) is 0 Å². The largest absolute Gasteiger partial charge is 0.478 e. The number of aromatic carboxylic acids is 1. The molecule has 1 aromatic carbocycles. The van der Waals surface area contributed by atoms with E-state index in [4.69, 9.17) is 9.84 Å². The standard InChI is InChI=1S/C13H16FNO3/c1-8-6-10(4-5-18-8)15-9-2-3-11(13(16)17)12(14)7-9/h2-3,7-8,10,15H,4-6H2,1H3,(H,16,17). The molecule has 0 spiro atoms. The van der Waals surface area contributed by atoms with Gasteiger partial charge in [-0.3, -0.25) is 0 Å². The van der Waals surface area contributed by atoms with Crippen LogP contribution >= 0.6 is 0 Å². The molecule has 0 aliphatic carbocycles. The highest BCUT2D eigenvalue weighted by Gasteiger charge is 2.19. The van der Waals surface area contributed by atoms with Gasteiger partial charge >= 0.3 is 5.97 Å². The second-order valence-corrected chi connectivity index (χ2v) is 4.55.